The second-order valence-electron chi connectivity index (χ2n) is 5.57. The van der Waals surface area contributed by atoms with E-state index in [1.165, 1.54) is 6.42 Å². The highest BCUT2D eigenvalue weighted by Crippen LogP contribution is 2.21. The Morgan fingerprint density at radius 2 is 2.05 bits per heavy atom. The standard InChI is InChI=1S/C15H23N3O/c1-11-7-12(2)18(9-11)10-15(19)17-14-5-3-13(8-16)4-6-14/h3-6,11-12H,7-10,16H2,1-2H3,(H,17,19). The van der Waals surface area contributed by atoms with Gasteiger partial charge >= 0.3 is 0 Å². The van der Waals surface area contributed by atoms with Gasteiger partial charge in [0.25, 0.3) is 0 Å². The lowest BCUT2D eigenvalue weighted by molar-refractivity contribution is -0.117. The number of carbonyl (C=O) groups excluding carboxylic acids is 1. The van der Waals surface area contributed by atoms with Crippen molar-refractivity contribution in [1.82, 2.24) is 4.90 Å². The molecule has 1 aromatic carbocycles. The largest absolute Gasteiger partial charge is 0.326 e. The average Bonchev–Trinajstić information content (AvgIpc) is 2.68. The van der Waals surface area contributed by atoms with Crippen LogP contribution >= 0.6 is 0 Å². The summed E-state index contributed by atoms with van der Waals surface area (Å²) in [6.45, 7) is 6.44. The zero-order valence-corrected chi connectivity index (χ0v) is 11.7. The van der Waals surface area contributed by atoms with Gasteiger partial charge in [0.2, 0.25) is 5.91 Å². The van der Waals surface area contributed by atoms with Crippen LogP contribution in [0.4, 0.5) is 5.69 Å². The molecular weight excluding hydrogens is 238 g/mol. The van der Waals surface area contributed by atoms with Crippen molar-refractivity contribution in [2.45, 2.75) is 32.9 Å². The van der Waals surface area contributed by atoms with E-state index in [4.69, 9.17) is 5.73 Å². The van der Waals surface area contributed by atoms with Crippen LogP contribution in [0.25, 0.3) is 0 Å². The molecule has 1 aliphatic heterocycles. The first kappa shape index (κ1) is 14.0. The molecule has 0 bridgehead atoms. The summed E-state index contributed by atoms with van der Waals surface area (Å²) >= 11 is 0. The first-order valence-corrected chi connectivity index (χ1v) is 6.91. The van der Waals surface area contributed by atoms with Gasteiger partial charge in [-0.25, -0.2) is 0 Å². The van der Waals surface area contributed by atoms with Crippen LogP contribution in [0.1, 0.15) is 25.8 Å². The summed E-state index contributed by atoms with van der Waals surface area (Å²) in [5.74, 6) is 0.744. The normalized spacial score (nSPS) is 23.5. The molecule has 0 spiro atoms. The number of rotatable bonds is 4. The summed E-state index contributed by atoms with van der Waals surface area (Å²) in [6.07, 6.45) is 1.18. The van der Waals surface area contributed by atoms with Gasteiger partial charge in [-0.05, 0) is 37.0 Å². The van der Waals surface area contributed by atoms with Crippen LogP contribution in [0, 0.1) is 5.92 Å². The van der Waals surface area contributed by atoms with Crippen LogP contribution in [0.2, 0.25) is 0 Å². The lowest BCUT2D eigenvalue weighted by Gasteiger charge is -2.20. The van der Waals surface area contributed by atoms with E-state index in [1.807, 2.05) is 24.3 Å². The SMILES string of the molecule is CC1CC(C)N(CC(=O)Nc2ccc(CN)cc2)C1. The van der Waals surface area contributed by atoms with Crippen LogP contribution in [0.5, 0.6) is 0 Å². The van der Waals surface area contributed by atoms with Crippen molar-refractivity contribution in [3.8, 4) is 0 Å². The molecule has 3 N–H and O–H groups in total. The maximum absolute atomic E-state index is 12.0. The van der Waals surface area contributed by atoms with Crippen LogP contribution in [0.15, 0.2) is 24.3 Å². The van der Waals surface area contributed by atoms with E-state index in [2.05, 4.69) is 24.1 Å². The molecular formula is C15H23N3O. The lowest BCUT2D eigenvalue weighted by Crippen LogP contribution is -2.35. The molecule has 1 saturated heterocycles. The van der Waals surface area contributed by atoms with Gasteiger partial charge in [0.1, 0.15) is 0 Å². The number of benzene rings is 1. The number of anilines is 1. The highest BCUT2D eigenvalue weighted by Gasteiger charge is 2.27. The molecule has 1 aromatic rings. The Balaban J connectivity index is 1.86. The third-order valence-electron chi connectivity index (χ3n) is 3.73. The maximum Gasteiger partial charge on any atom is 0.238 e. The van der Waals surface area contributed by atoms with Crippen molar-refractivity contribution in [2.24, 2.45) is 11.7 Å². The minimum Gasteiger partial charge on any atom is -0.326 e. The van der Waals surface area contributed by atoms with Crippen molar-refractivity contribution in [3.63, 3.8) is 0 Å². The predicted octanol–water partition coefficient (Wildman–Crippen LogP) is 1.81. The molecule has 0 aromatic heterocycles. The number of nitrogens with two attached hydrogens (primary N) is 1. The molecule has 0 aliphatic carbocycles. The van der Waals surface area contributed by atoms with Gasteiger partial charge in [-0.2, -0.15) is 0 Å². The Labute approximate surface area is 115 Å². The first-order chi connectivity index (χ1) is 9.08. The molecule has 1 heterocycles. The van der Waals surface area contributed by atoms with Crippen molar-refractivity contribution in [1.29, 1.82) is 0 Å². The molecule has 0 radical (unpaired) electrons. The number of hydrogen-bond acceptors (Lipinski definition) is 3. The summed E-state index contributed by atoms with van der Waals surface area (Å²) < 4.78 is 0. The molecule has 2 atom stereocenters. The second kappa shape index (κ2) is 6.17. The van der Waals surface area contributed by atoms with Gasteiger partial charge in [-0.15, -0.1) is 0 Å². The number of nitrogens with zero attached hydrogens (tertiary/aromatic N) is 1. The van der Waals surface area contributed by atoms with Crippen LogP contribution in [-0.2, 0) is 11.3 Å². The monoisotopic (exact) mass is 261 g/mol. The zero-order chi connectivity index (χ0) is 13.8. The maximum atomic E-state index is 12.0. The smallest absolute Gasteiger partial charge is 0.238 e. The Morgan fingerprint density at radius 3 is 2.58 bits per heavy atom. The van der Waals surface area contributed by atoms with Gasteiger partial charge in [0, 0.05) is 24.8 Å². The van der Waals surface area contributed by atoms with E-state index in [0.29, 0.717) is 25.0 Å². The molecule has 19 heavy (non-hydrogen) atoms. The Hall–Kier alpha value is -1.39. The number of nitrogens with one attached hydrogen (secondary N) is 1. The van der Waals surface area contributed by atoms with Gasteiger partial charge in [-0.1, -0.05) is 19.1 Å². The molecule has 1 amide bonds. The third-order valence-corrected chi connectivity index (χ3v) is 3.73. The molecule has 0 saturated carbocycles. The third kappa shape index (κ3) is 3.78. The van der Waals surface area contributed by atoms with Crippen molar-refractivity contribution < 1.29 is 4.79 Å². The second-order valence-corrected chi connectivity index (χ2v) is 5.57. The van der Waals surface area contributed by atoms with Gasteiger partial charge in [-0.3, -0.25) is 9.69 Å². The summed E-state index contributed by atoms with van der Waals surface area (Å²) in [5.41, 5.74) is 7.45. The fourth-order valence-electron chi connectivity index (χ4n) is 2.72. The Kier molecular flexibility index (Phi) is 4.56. The molecule has 1 fully saturated rings. The zero-order valence-electron chi connectivity index (χ0n) is 11.7. The highest BCUT2D eigenvalue weighted by atomic mass is 16.2. The molecule has 4 nitrogen and oxygen atoms in total. The van der Waals surface area contributed by atoms with Crippen LogP contribution in [0.3, 0.4) is 0 Å². The highest BCUT2D eigenvalue weighted by molar-refractivity contribution is 5.92. The number of hydrogen-bond donors (Lipinski definition) is 2. The van der Waals surface area contributed by atoms with E-state index >= 15 is 0 Å². The summed E-state index contributed by atoms with van der Waals surface area (Å²) in [6, 6.07) is 8.18. The minimum absolute atomic E-state index is 0.0569. The molecule has 104 valence electrons. The molecule has 1 aliphatic rings. The number of likely N-dealkylation sites (tertiary alicyclic amines) is 1. The van der Waals surface area contributed by atoms with E-state index in [1.54, 1.807) is 0 Å². The topological polar surface area (TPSA) is 58.4 Å². The number of amides is 1. The van der Waals surface area contributed by atoms with Crippen LogP contribution in [-0.4, -0.2) is 29.9 Å². The fourth-order valence-corrected chi connectivity index (χ4v) is 2.72. The lowest BCUT2D eigenvalue weighted by atomic mass is 10.1. The van der Waals surface area contributed by atoms with E-state index in [9.17, 15) is 4.79 Å². The summed E-state index contributed by atoms with van der Waals surface area (Å²) in [7, 11) is 0. The van der Waals surface area contributed by atoms with E-state index in [0.717, 1.165) is 17.8 Å². The van der Waals surface area contributed by atoms with Crippen LogP contribution < -0.4 is 11.1 Å². The van der Waals surface area contributed by atoms with Gasteiger partial charge < -0.3 is 11.1 Å². The number of carbonyl (C=O) groups is 1. The van der Waals surface area contributed by atoms with E-state index in [-0.39, 0.29) is 5.91 Å². The first-order valence-electron chi connectivity index (χ1n) is 6.91. The predicted molar refractivity (Wildman–Crippen MR) is 77.8 cm³/mol. The molecule has 2 unspecified atom stereocenters. The van der Waals surface area contributed by atoms with Crippen molar-refractivity contribution >= 4 is 11.6 Å². The fraction of sp³-hybridized carbons (Fsp3) is 0.533. The minimum atomic E-state index is 0.0569. The Morgan fingerprint density at radius 1 is 1.37 bits per heavy atom. The molecule has 2 rings (SSSR count). The van der Waals surface area contributed by atoms with Crippen molar-refractivity contribution in [3.05, 3.63) is 29.8 Å². The summed E-state index contributed by atoms with van der Waals surface area (Å²) in [4.78, 5) is 14.2. The summed E-state index contributed by atoms with van der Waals surface area (Å²) in [5, 5.41) is 2.93. The molecule has 4 heteroatoms. The average molecular weight is 261 g/mol. The Bertz CT molecular complexity index is 430. The van der Waals surface area contributed by atoms with Crippen molar-refractivity contribution in [2.75, 3.05) is 18.4 Å². The van der Waals surface area contributed by atoms with Gasteiger partial charge in [0.15, 0.2) is 0 Å². The van der Waals surface area contributed by atoms with Gasteiger partial charge in [0.05, 0.1) is 6.54 Å². The quantitative estimate of drug-likeness (QED) is 0.869. The van der Waals surface area contributed by atoms with E-state index < -0.39 is 0 Å².